The van der Waals surface area contributed by atoms with E-state index in [4.69, 9.17) is 0 Å². The van der Waals surface area contributed by atoms with E-state index in [1.807, 2.05) is 0 Å². The second kappa shape index (κ2) is 12.2. The number of nitrogens with one attached hydrogen (secondary N) is 1. The van der Waals surface area contributed by atoms with Gasteiger partial charge < -0.3 is 15.1 Å². The van der Waals surface area contributed by atoms with Crippen LogP contribution in [0.5, 0.6) is 0 Å². The van der Waals surface area contributed by atoms with Gasteiger partial charge in [-0.2, -0.15) is 0 Å². The molecule has 0 unspecified atom stereocenters. The summed E-state index contributed by atoms with van der Waals surface area (Å²) in [5.74, 6) is -0.908. The minimum absolute atomic E-state index is 0.150. The summed E-state index contributed by atoms with van der Waals surface area (Å²) in [7, 11) is -1.61. The highest BCUT2D eigenvalue weighted by Crippen LogP contribution is 2.36. The summed E-state index contributed by atoms with van der Waals surface area (Å²) in [4.78, 5) is 31.8. The fraction of sp³-hybridized carbons (Fsp3) is 0.355. The van der Waals surface area contributed by atoms with Crippen LogP contribution in [0.2, 0.25) is 0 Å². The molecule has 2 aliphatic heterocycles. The van der Waals surface area contributed by atoms with Crippen molar-refractivity contribution in [3.63, 3.8) is 0 Å². The molecule has 2 amide bonds. The quantitative estimate of drug-likeness (QED) is 0.376. The second-order valence-corrected chi connectivity index (χ2v) is 11.6. The van der Waals surface area contributed by atoms with Crippen molar-refractivity contribution in [2.75, 3.05) is 24.5 Å². The molecular weight excluding hydrogens is 513 g/mol. The van der Waals surface area contributed by atoms with E-state index < -0.39 is 10.8 Å². The molecule has 2 aliphatic rings. The molecule has 1 N–H and O–H groups in total. The summed E-state index contributed by atoms with van der Waals surface area (Å²) in [6.45, 7) is 5.02. The van der Waals surface area contributed by atoms with Crippen molar-refractivity contribution >= 4 is 28.3 Å². The topological polar surface area (TPSA) is 69.7 Å². The van der Waals surface area contributed by atoms with Crippen LogP contribution < -0.4 is 10.2 Å². The Morgan fingerprint density at radius 2 is 1.85 bits per heavy atom. The van der Waals surface area contributed by atoms with Crippen LogP contribution in [0.3, 0.4) is 0 Å². The maximum Gasteiger partial charge on any atom is 0.259 e. The van der Waals surface area contributed by atoms with Gasteiger partial charge in [0.05, 0.1) is 38.4 Å². The molecule has 3 aromatic carbocycles. The van der Waals surface area contributed by atoms with Crippen molar-refractivity contribution in [2.45, 2.75) is 61.4 Å². The number of carbonyl (C=O) groups excluding carboxylic acids is 2. The zero-order valence-electron chi connectivity index (χ0n) is 22.2. The third-order valence-electron chi connectivity index (χ3n) is 7.66. The third kappa shape index (κ3) is 5.97. The van der Waals surface area contributed by atoms with Gasteiger partial charge in [-0.25, -0.2) is 8.60 Å². The number of rotatable bonds is 8. The number of halogens is 1. The minimum atomic E-state index is -1.61. The molecule has 3 aromatic rings. The summed E-state index contributed by atoms with van der Waals surface area (Å²) < 4.78 is 27.1. The van der Waals surface area contributed by atoms with Crippen molar-refractivity contribution in [2.24, 2.45) is 0 Å². The molecule has 0 saturated carbocycles. The molecule has 39 heavy (non-hydrogen) atoms. The summed E-state index contributed by atoms with van der Waals surface area (Å²) >= 11 is 0. The second-order valence-electron chi connectivity index (χ2n) is 10.2. The highest BCUT2D eigenvalue weighted by Gasteiger charge is 2.31. The lowest BCUT2D eigenvalue weighted by Gasteiger charge is -2.35. The maximum absolute atomic E-state index is 13.7. The molecule has 8 heteroatoms. The number of anilines is 1. The molecule has 2 atom stereocenters. The molecule has 1 fully saturated rings. The van der Waals surface area contributed by atoms with Crippen molar-refractivity contribution in [3.05, 3.63) is 89.2 Å². The van der Waals surface area contributed by atoms with Gasteiger partial charge in [0.2, 0.25) is 0 Å². The minimum Gasteiger partial charge on any atom is -0.352 e. The van der Waals surface area contributed by atoms with Crippen LogP contribution in [0.25, 0.3) is 0 Å². The maximum atomic E-state index is 13.7. The molecule has 0 bridgehead atoms. The molecule has 0 aliphatic carbocycles. The number of nitrogens with zero attached hydrogens (tertiary/aromatic N) is 2. The monoisotopic (exact) mass is 547 g/mol. The fourth-order valence-electron chi connectivity index (χ4n) is 5.54. The van der Waals surface area contributed by atoms with E-state index in [2.05, 4.69) is 17.1 Å². The Kier molecular flexibility index (Phi) is 8.53. The summed E-state index contributed by atoms with van der Waals surface area (Å²) in [5, 5.41) is 3.02. The van der Waals surface area contributed by atoms with Crippen LogP contribution in [-0.4, -0.2) is 46.6 Å². The molecule has 0 aromatic heterocycles. The number of likely N-dealkylation sites (tertiary alicyclic amines) is 1. The lowest BCUT2D eigenvalue weighted by atomic mass is 10.00. The molecule has 0 radical (unpaired) electrons. The van der Waals surface area contributed by atoms with Crippen LogP contribution >= 0.6 is 0 Å². The van der Waals surface area contributed by atoms with Gasteiger partial charge in [-0.1, -0.05) is 37.6 Å². The Bertz CT molecular complexity index is 1380. The zero-order valence-corrected chi connectivity index (χ0v) is 23.0. The van der Waals surface area contributed by atoms with E-state index in [0.717, 1.165) is 31.5 Å². The van der Waals surface area contributed by atoms with Gasteiger partial charge in [-0.05, 0) is 80.3 Å². The van der Waals surface area contributed by atoms with E-state index in [1.165, 1.54) is 36.3 Å². The highest BCUT2D eigenvalue weighted by molar-refractivity contribution is 7.85. The molecular formula is C31H34FN3O3S. The highest BCUT2D eigenvalue weighted by atomic mass is 32.2. The number of amides is 2. The largest absolute Gasteiger partial charge is 0.352 e. The first-order chi connectivity index (χ1) is 19.0. The van der Waals surface area contributed by atoms with Crippen molar-refractivity contribution < 1.29 is 18.2 Å². The number of carbonyl (C=O) groups is 2. The first-order valence-electron chi connectivity index (χ1n) is 13.7. The molecule has 2 heterocycles. The third-order valence-corrected chi connectivity index (χ3v) is 9.16. The van der Waals surface area contributed by atoms with Crippen molar-refractivity contribution in [3.8, 4) is 0 Å². The van der Waals surface area contributed by atoms with Crippen LogP contribution in [0, 0.1) is 5.82 Å². The summed E-state index contributed by atoms with van der Waals surface area (Å²) in [6, 6.07) is 18.4. The van der Waals surface area contributed by atoms with E-state index in [1.54, 1.807) is 54.6 Å². The lowest BCUT2D eigenvalue weighted by Crippen LogP contribution is -2.40. The van der Waals surface area contributed by atoms with Gasteiger partial charge in [0.15, 0.2) is 0 Å². The van der Waals surface area contributed by atoms with Gasteiger partial charge >= 0.3 is 0 Å². The number of hydrogen-bond donors (Lipinski definition) is 1. The Labute approximate surface area is 231 Å². The normalized spacial score (nSPS) is 19.2. The van der Waals surface area contributed by atoms with Crippen LogP contribution in [0.15, 0.2) is 76.5 Å². The number of hydrogen-bond acceptors (Lipinski definition) is 4. The van der Waals surface area contributed by atoms with Gasteiger partial charge in [0.1, 0.15) is 5.82 Å². The first-order valence-corrected chi connectivity index (χ1v) is 14.8. The van der Waals surface area contributed by atoms with Crippen molar-refractivity contribution in [1.82, 2.24) is 10.2 Å². The molecule has 1 saturated heterocycles. The Morgan fingerprint density at radius 3 is 2.64 bits per heavy atom. The molecule has 0 spiro atoms. The van der Waals surface area contributed by atoms with Gasteiger partial charge in [0, 0.05) is 24.7 Å². The fourth-order valence-corrected chi connectivity index (χ4v) is 6.88. The summed E-state index contributed by atoms with van der Waals surface area (Å²) in [6.07, 6.45) is 5.79. The SMILES string of the molecule is CC[C@H]1CCCCN1CCCNC(=O)c1ccc2c(c1)N(Cc1ccc(F)cc1)C(=O)c1ccccc1[S@@]2=O. The van der Waals surface area contributed by atoms with E-state index in [9.17, 15) is 18.2 Å². The smallest absolute Gasteiger partial charge is 0.259 e. The molecule has 5 rings (SSSR count). The molecule has 204 valence electrons. The van der Waals surface area contributed by atoms with Crippen LogP contribution in [-0.2, 0) is 17.3 Å². The van der Waals surface area contributed by atoms with E-state index >= 15 is 0 Å². The van der Waals surface area contributed by atoms with Gasteiger partial charge in [-0.3, -0.25) is 9.59 Å². The number of benzene rings is 3. The standard InChI is InChI=1S/C31H34FN3O3S/c1-2-25-8-5-6-18-34(25)19-7-17-33-30(36)23-13-16-29-27(20-23)35(21-22-11-14-24(32)15-12-22)31(37)26-9-3-4-10-28(26)39(29)38/h3-4,9-16,20,25H,2,5-8,17-19,21H2,1H3,(H,33,36)/t25-,39-/m0/s1. The molecule has 6 nitrogen and oxygen atoms in total. The summed E-state index contributed by atoms with van der Waals surface area (Å²) in [5.41, 5.74) is 1.89. The lowest BCUT2D eigenvalue weighted by molar-refractivity contribution is 0.0944. The Hall–Kier alpha value is -3.36. The average Bonchev–Trinajstić information content (AvgIpc) is 3.05. The number of piperidine rings is 1. The predicted octanol–water partition coefficient (Wildman–Crippen LogP) is 5.54. The Balaban J connectivity index is 1.37. The van der Waals surface area contributed by atoms with E-state index in [-0.39, 0.29) is 24.2 Å². The van der Waals surface area contributed by atoms with Crippen molar-refractivity contribution in [1.29, 1.82) is 0 Å². The van der Waals surface area contributed by atoms with E-state index in [0.29, 0.717) is 39.2 Å². The van der Waals surface area contributed by atoms with Crippen LogP contribution in [0.1, 0.15) is 65.3 Å². The van der Waals surface area contributed by atoms with Crippen LogP contribution in [0.4, 0.5) is 10.1 Å². The zero-order chi connectivity index (χ0) is 27.4. The number of fused-ring (bicyclic) bond motifs is 2. The first kappa shape index (κ1) is 27.2. The Morgan fingerprint density at radius 1 is 1.05 bits per heavy atom. The predicted molar refractivity (Wildman–Crippen MR) is 151 cm³/mol. The van der Waals surface area contributed by atoms with Gasteiger partial charge in [-0.15, -0.1) is 0 Å². The van der Waals surface area contributed by atoms with Gasteiger partial charge in [0.25, 0.3) is 11.8 Å². The average molecular weight is 548 g/mol.